The van der Waals surface area contributed by atoms with Crippen LogP contribution in [0.3, 0.4) is 0 Å². The van der Waals surface area contributed by atoms with Gasteiger partial charge in [0.2, 0.25) is 0 Å². The van der Waals surface area contributed by atoms with Crippen molar-refractivity contribution >= 4 is 21.9 Å². The van der Waals surface area contributed by atoms with Gasteiger partial charge in [0, 0.05) is 13.2 Å². The lowest BCUT2D eigenvalue weighted by Crippen LogP contribution is -2.23. The molecule has 0 aliphatic rings. The van der Waals surface area contributed by atoms with Crippen molar-refractivity contribution in [2.75, 3.05) is 19.0 Å². The minimum Gasteiger partial charge on any atom is -0.397 e. The molecule has 0 unspecified atom stereocenters. The molecule has 0 amide bonds. The molecule has 4 heteroatoms. The third kappa shape index (κ3) is 8.81. The molecule has 0 aliphatic heterocycles. The normalized spacial score (nSPS) is 11.1. The fourth-order valence-electron chi connectivity index (χ4n) is 0.971. The summed E-state index contributed by atoms with van der Waals surface area (Å²) >= 11 is 4.19. The lowest BCUT2D eigenvalue weighted by Gasteiger charge is -2.15. The summed E-state index contributed by atoms with van der Waals surface area (Å²) in [6.07, 6.45) is 3.28. The van der Waals surface area contributed by atoms with Gasteiger partial charge in [-0.1, -0.05) is 13.8 Å². The number of thiol groups is 1. The van der Waals surface area contributed by atoms with Crippen molar-refractivity contribution < 1.29 is 8.85 Å². The van der Waals surface area contributed by atoms with Crippen LogP contribution in [0.15, 0.2) is 0 Å². The van der Waals surface area contributed by atoms with E-state index in [9.17, 15) is 0 Å². The van der Waals surface area contributed by atoms with E-state index in [2.05, 4.69) is 26.5 Å². The van der Waals surface area contributed by atoms with Gasteiger partial charge in [-0.2, -0.15) is 12.6 Å². The molecule has 0 fully saturated rings. The van der Waals surface area contributed by atoms with E-state index >= 15 is 0 Å². The predicted octanol–water partition coefficient (Wildman–Crippen LogP) is 2.38. The highest BCUT2D eigenvalue weighted by Crippen LogP contribution is 2.04. The molecule has 0 bridgehead atoms. The molecule has 2 nitrogen and oxygen atoms in total. The van der Waals surface area contributed by atoms with E-state index in [0.717, 1.165) is 44.3 Å². The molecule has 80 valence electrons. The highest BCUT2D eigenvalue weighted by molar-refractivity contribution is 7.80. The van der Waals surface area contributed by atoms with Crippen molar-refractivity contribution in [2.24, 2.45) is 0 Å². The summed E-state index contributed by atoms with van der Waals surface area (Å²) < 4.78 is 11.4. The van der Waals surface area contributed by atoms with Gasteiger partial charge < -0.3 is 8.85 Å². The molecule has 0 N–H and O–H groups in total. The van der Waals surface area contributed by atoms with Gasteiger partial charge in [-0.05, 0) is 31.1 Å². The van der Waals surface area contributed by atoms with E-state index in [1.165, 1.54) is 0 Å². The second-order valence-electron chi connectivity index (χ2n) is 3.04. The Bertz CT molecular complexity index is 84.6. The highest BCUT2D eigenvalue weighted by atomic mass is 32.1. The summed E-state index contributed by atoms with van der Waals surface area (Å²) in [5.74, 6) is 0.939. The minimum absolute atomic E-state index is 0.854. The van der Waals surface area contributed by atoms with Crippen LogP contribution in [0, 0.1) is 0 Å². The molecule has 0 aromatic heterocycles. The number of hydrogen-bond acceptors (Lipinski definition) is 3. The van der Waals surface area contributed by atoms with Crippen molar-refractivity contribution in [3.05, 3.63) is 0 Å². The molecule has 0 aromatic carbocycles. The topological polar surface area (TPSA) is 18.5 Å². The Morgan fingerprint density at radius 2 is 1.62 bits per heavy atom. The molecule has 13 heavy (non-hydrogen) atoms. The molecule has 0 heterocycles. The first-order chi connectivity index (χ1) is 6.35. The standard InChI is InChI=1S/C9H22O2SSi/c1-3-6-10-13(9-5-8-12)11-7-4-2/h12-13H,3-9H2,1-2H3. The van der Waals surface area contributed by atoms with Gasteiger partial charge in [-0.15, -0.1) is 0 Å². The van der Waals surface area contributed by atoms with Gasteiger partial charge in [0.1, 0.15) is 0 Å². The Morgan fingerprint density at radius 1 is 1.08 bits per heavy atom. The number of rotatable bonds is 9. The van der Waals surface area contributed by atoms with Crippen LogP contribution in [0.2, 0.25) is 6.04 Å². The maximum Gasteiger partial charge on any atom is 0.321 e. The third-order valence-electron chi connectivity index (χ3n) is 1.61. The Balaban J connectivity index is 3.47. The van der Waals surface area contributed by atoms with Crippen LogP contribution in [0.5, 0.6) is 0 Å². The van der Waals surface area contributed by atoms with E-state index in [-0.39, 0.29) is 0 Å². The van der Waals surface area contributed by atoms with E-state index in [0.29, 0.717) is 0 Å². The first-order valence-corrected chi connectivity index (χ1v) is 7.58. The molecule has 0 radical (unpaired) electrons. The second kappa shape index (κ2) is 10.6. The molecule has 0 spiro atoms. The average Bonchev–Trinajstić information content (AvgIpc) is 2.17. The van der Waals surface area contributed by atoms with Crippen molar-refractivity contribution in [1.82, 2.24) is 0 Å². The zero-order valence-corrected chi connectivity index (χ0v) is 10.8. The zero-order valence-electron chi connectivity index (χ0n) is 8.79. The Morgan fingerprint density at radius 3 is 2.00 bits per heavy atom. The average molecular weight is 222 g/mol. The second-order valence-corrected chi connectivity index (χ2v) is 5.59. The fourth-order valence-corrected chi connectivity index (χ4v) is 3.46. The van der Waals surface area contributed by atoms with E-state index in [1.54, 1.807) is 0 Å². The monoisotopic (exact) mass is 222 g/mol. The van der Waals surface area contributed by atoms with Crippen molar-refractivity contribution in [3.63, 3.8) is 0 Å². The summed E-state index contributed by atoms with van der Waals surface area (Å²) in [5, 5.41) is 0. The quantitative estimate of drug-likeness (QED) is 0.477. The summed E-state index contributed by atoms with van der Waals surface area (Å²) in [6, 6.07) is 1.10. The lowest BCUT2D eigenvalue weighted by molar-refractivity contribution is 0.196. The van der Waals surface area contributed by atoms with Crippen LogP contribution in [-0.2, 0) is 8.85 Å². The van der Waals surface area contributed by atoms with Crippen LogP contribution < -0.4 is 0 Å². The molecular weight excluding hydrogens is 200 g/mol. The maximum atomic E-state index is 5.68. The van der Waals surface area contributed by atoms with Crippen molar-refractivity contribution in [1.29, 1.82) is 0 Å². The van der Waals surface area contributed by atoms with Gasteiger partial charge in [0.25, 0.3) is 0 Å². The molecule has 0 saturated heterocycles. The van der Waals surface area contributed by atoms with Crippen LogP contribution >= 0.6 is 12.6 Å². The molecule has 0 saturated carbocycles. The van der Waals surface area contributed by atoms with Gasteiger partial charge in [-0.3, -0.25) is 0 Å². The van der Waals surface area contributed by atoms with Gasteiger partial charge in [0.05, 0.1) is 0 Å². The highest BCUT2D eigenvalue weighted by Gasteiger charge is 2.11. The first-order valence-electron chi connectivity index (χ1n) is 5.19. The van der Waals surface area contributed by atoms with Crippen molar-refractivity contribution in [2.45, 2.75) is 39.2 Å². The predicted molar refractivity (Wildman–Crippen MR) is 62.9 cm³/mol. The van der Waals surface area contributed by atoms with Crippen LogP contribution in [0.4, 0.5) is 0 Å². The van der Waals surface area contributed by atoms with E-state index in [1.807, 2.05) is 0 Å². The van der Waals surface area contributed by atoms with E-state index in [4.69, 9.17) is 8.85 Å². The molecule has 0 atom stereocenters. The first kappa shape index (κ1) is 13.5. The van der Waals surface area contributed by atoms with Crippen molar-refractivity contribution in [3.8, 4) is 0 Å². The molecule has 0 aromatic rings. The van der Waals surface area contributed by atoms with E-state index < -0.39 is 9.28 Å². The lowest BCUT2D eigenvalue weighted by atomic mass is 10.5. The van der Waals surface area contributed by atoms with Crippen LogP contribution in [0.25, 0.3) is 0 Å². The van der Waals surface area contributed by atoms with Gasteiger partial charge in [-0.25, -0.2) is 0 Å². The molecular formula is C9H22O2SSi. The van der Waals surface area contributed by atoms with Gasteiger partial charge in [0.15, 0.2) is 0 Å². The smallest absolute Gasteiger partial charge is 0.321 e. The fraction of sp³-hybridized carbons (Fsp3) is 1.00. The van der Waals surface area contributed by atoms with Crippen LogP contribution in [0.1, 0.15) is 33.1 Å². The minimum atomic E-state index is -1.34. The maximum absolute atomic E-state index is 5.68. The Labute approximate surface area is 89.3 Å². The SMILES string of the molecule is CCCO[SiH](CCCS)OCCC. The zero-order chi connectivity index (χ0) is 9.94. The molecule has 0 aliphatic carbocycles. The Hall–Kier alpha value is 0.487. The third-order valence-corrected chi connectivity index (χ3v) is 4.02. The summed E-state index contributed by atoms with van der Waals surface area (Å²) in [5.41, 5.74) is 0. The summed E-state index contributed by atoms with van der Waals surface area (Å²) in [4.78, 5) is 0. The Kier molecular flexibility index (Phi) is 11.0. The summed E-state index contributed by atoms with van der Waals surface area (Å²) in [7, 11) is -1.34. The van der Waals surface area contributed by atoms with Crippen LogP contribution in [-0.4, -0.2) is 28.3 Å². The summed E-state index contributed by atoms with van der Waals surface area (Å²) in [6.45, 7) is 5.97. The molecule has 0 rings (SSSR count). The van der Waals surface area contributed by atoms with Gasteiger partial charge >= 0.3 is 9.28 Å². The number of hydrogen-bond donors (Lipinski definition) is 1. The largest absolute Gasteiger partial charge is 0.397 e.